The summed E-state index contributed by atoms with van der Waals surface area (Å²) in [5.74, 6) is 0.598. The summed E-state index contributed by atoms with van der Waals surface area (Å²) in [7, 11) is 0. The smallest absolute Gasteiger partial charge is 0.188 e. The van der Waals surface area contributed by atoms with Crippen LogP contribution in [0.5, 0.6) is 5.75 Å². The van der Waals surface area contributed by atoms with E-state index in [0.717, 1.165) is 23.4 Å². The molecule has 2 atom stereocenters. The van der Waals surface area contributed by atoms with E-state index >= 15 is 0 Å². The van der Waals surface area contributed by atoms with Crippen molar-refractivity contribution in [3.63, 3.8) is 0 Å². The normalized spacial score (nSPS) is 26.0. The van der Waals surface area contributed by atoms with Crippen molar-refractivity contribution >= 4 is 23.0 Å². The molecule has 0 saturated carbocycles. The molecule has 0 unspecified atom stereocenters. The van der Waals surface area contributed by atoms with Crippen LogP contribution >= 0.6 is 12.2 Å². The number of hydrogen-bond donors (Lipinski definition) is 1. The Morgan fingerprint density at radius 1 is 1.23 bits per heavy atom. The molecule has 2 aliphatic heterocycles. The average Bonchev–Trinajstić information content (AvgIpc) is 2.48. The number of halogens is 1. The largest absolute Gasteiger partial charge is 0.467 e. The first-order valence-electron chi connectivity index (χ1n) is 7.21. The van der Waals surface area contributed by atoms with Crippen LogP contribution in [0.4, 0.5) is 10.1 Å². The number of nitrogens with one attached hydrogen (secondary N) is 1. The van der Waals surface area contributed by atoms with Crippen LogP contribution in [0, 0.1) is 5.82 Å². The lowest BCUT2D eigenvalue weighted by Gasteiger charge is -2.52. The monoisotopic (exact) mass is 314 g/mol. The molecule has 2 aromatic carbocycles. The van der Waals surface area contributed by atoms with Crippen LogP contribution in [0.15, 0.2) is 48.5 Å². The number of anilines is 1. The standard InChI is InChI=1S/C17H15FN2OS/c1-17-10-14(13-4-2-3-5-15(13)21-17)19-16(22)20(17)12-8-6-11(18)7-9-12/h2-9,14H,10H2,1H3,(H,19,22)/t14-,17-/m1/s1. The molecule has 2 bridgehead atoms. The van der Waals surface area contributed by atoms with Crippen molar-refractivity contribution in [3.05, 3.63) is 59.9 Å². The highest BCUT2D eigenvalue weighted by Gasteiger charge is 2.48. The van der Waals surface area contributed by atoms with Gasteiger partial charge in [0.2, 0.25) is 0 Å². The fraction of sp³-hybridized carbons (Fsp3) is 0.235. The molecule has 2 heterocycles. The van der Waals surface area contributed by atoms with Crippen LogP contribution in [0.1, 0.15) is 24.9 Å². The number of nitrogens with zero attached hydrogens (tertiary/aromatic N) is 1. The summed E-state index contributed by atoms with van der Waals surface area (Å²) in [5.41, 5.74) is 1.36. The lowest BCUT2D eigenvalue weighted by Crippen LogP contribution is -2.65. The van der Waals surface area contributed by atoms with Gasteiger partial charge in [0.1, 0.15) is 11.6 Å². The fourth-order valence-electron chi connectivity index (χ4n) is 3.30. The SMILES string of the molecule is C[C@@]12C[C@@H](NC(=S)N1c1ccc(F)cc1)c1ccccc1O2. The van der Waals surface area contributed by atoms with Crippen molar-refractivity contribution in [2.45, 2.75) is 25.1 Å². The number of fused-ring (bicyclic) bond motifs is 4. The number of para-hydroxylation sites is 1. The van der Waals surface area contributed by atoms with E-state index in [1.807, 2.05) is 30.0 Å². The van der Waals surface area contributed by atoms with Crippen LogP contribution in [0.25, 0.3) is 0 Å². The Kier molecular flexibility index (Phi) is 2.87. The summed E-state index contributed by atoms with van der Waals surface area (Å²) in [6.07, 6.45) is 0.765. The summed E-state index contributed by atoms with van der Waals surface area (Å²) in [4.78, 5) is 1.92. The van der Waals surface area contributed by atoms with Crippen molar-refractivity contribution in [2.75, 3.05) is 4.90 Å². The first-order chi connectivity index (χ1) is 10.6. The Morgan fingerprint density at radius 3 is 2.73 bits per heavy atom. The lowest BCUT2D eigenvalue weighted by atomic mass is 9.90. The zero-order chi connectivity index (χ0) is 15.3. The van der Waals surface area contributed by atoms with Gasteiger partial charge in [-0.15, -0.1) is 0 Å². The van der Waals surface area contributed by atoms with E-state index < -0.39 is 5.72 Å². The molecule has 3 nitrogen and oxygen atoms in total. The average molecular weight is 314 g/mol. The van der Waals surface area contributed by atoms with E-state index in [2.05, 4.69) is 11.4 Å². The fourth-order valence-corrected chi connectivity index (χ4v) is 3.74. The van der Waals surface area contributed by atoms with Gasteiger partial charge in [0.25, 0.3) is 0 Å². The van der Waals surface area contributed by atoms with Crippen molar-refractivity contribution < 1.29 is 9.13 Å². The van der Waals surface area contributed by atoms with E-state index in [9.17, 15) is 4.39 Å². The molecule has 0 aliphatic carbocycles. The van der Waals surface area contributed by atoms with Gasteiger partial charge in [0.15, 0.2) is 10.8 Å². The Hall–Kier alpha value is -2.14. The molecule has 1 N–H and O–H groups in total. The van der Waals surface area contributed by atoms with Crippen molar-refractivity contribution in [1.29, 1.82) is 0 Å². The third kappa shape index (κ3) is 1.96. The van der Waals surface area contributed by atoms with Gasteiger partial charge in [-0.25, -0.2) is 4.39 Å². The highest BCUT2D eigenvalue weighted by molar-refractivity contribution is 7.80. The summed E-state index contributed by atoms with van der Waals surface area (Å²) in [6, 6.07) is 14.4. The van der Waals surface area contributed by atoms with Gasteiger partial charge >= 0.3 is 0 Å². The van der Waals surface area contributed by atoms with Crippen molar-refractivity contribution in [3.8, 4) is 5.75 Å². The van der Waals surface area contributed by atoms with Crippen LogP contribution in [-0.4, -0.2) is 10.8 Å². The predicted octanol–water partition coefficient (Wildman–Crippen LogP) is 3.76. The molecule has 5 heteroatoms. The maximum Gasteiger partial charge on any atom is 0.188 e. The Balaban J connectivity index is 1.80. The minimum atomic E-state index is -0.584. The highest BCUT2D eigenvalue weighted by atomic mass is 32.1. The van der Waals surface area contributed by atoms with E-state index in [4.69, 9.17) is 17.0 Å². The van der Waals surface area contributed by atoms with E-state index in [1.165, 1.54) is 12.1 Å². The Bertz CT molecular complexity index is 749. The zero-order valence-electron chi connectivity index (χ0n) is 12.0. The van der Waals surface area contributed by atoms with E-state index in [1.54, 1.807) is 12.1 Å². The molecule has 22 heavy (non-hydrogen) atoms. The van der Waals surface area contributed by atoms with Gasteiger partial charge in [0, 0.05) is 17.7 Å². The quantitative estimate of drug-likeness (QED) is 0.810. The summed E-state index contributed by atoms with van der Waals surface area (Å²) < 4.78 is 19.5. The number of hydrogen-bond acceptors (Lipinski definition) is 2. The topological polar surface area (TPSA) is 24.5 Å². The second kappa shape index (κ2) is 4.68. The molecular formula is C17H15FN2OS. The lowest BCUT2D eigenvalue weighted by molar-refractivity contribution is 0.0497. The van der Waals surface area contributed by atoms with Gasteiger partial charge in [-0.1, -0.05) is 18.2 Å². The molecule has 0 amide bonds. The van der Waals surface area contributed by atoms with Crippen LogP contribution < -0.4 is 15.0 Å². The van der Waals surface area contributed by atoms with Crippen LogP contribution in [-0.2, 0) is 0 Å². The van der Waals surface area contributed by atoms with Gasteiger partial charge < -0.3 is 10.1 Å². The van der Waals surface area contributed by atoms with E-state index in [-0.39, 0.29) is 11.9 Å². The first-order valence-corrected chi connectivity index (χ1v) is 7.62. The molecule has 0 spiro atoms. The molecule has 1 saturated heterocycles. The maximum atomic E-state index is 13.2. The third-order valence-corrected chi connectivity index (χ3v) is 4.57. The minimum absolute atomic E-state index is 0.138. The highest BCUT2D eigenvalue weighted by Crippen LogP contribution is 2.45. The van der Waals surface area contributed by atoms with E-state index in [0.29, 0.717) is 5.11 Å². The van der Waals surface area contributed by atoms with Gasteiger partial charge in [0.05, 0.1) is 6.04 Å². The maximum absolute atomic E-state index is 13.2. The molecule has 2 aromatic rings. The van der Waals surface area contributed by atoms with Crippen molar-refractivity contribution in [2.24, 2.45) is 0 Å². The van der Waals surface area contributed by atoms with Gasteiger partial charge in [-0.3, -0.25) is 4.90 Å². The summed E-state index contributed by atoms with van der Waals surface area (Å²) in [5, 5.41) is 3.97. The second-order valence-corrected chi connectivity index (χ2v) is 6.22. The number of rotatable bonds is 1. The molecule has 1 fully saturated rings. The van der Waals surface area contributed by atoms with Gasteiger partial charge in [-0.2, -0.15) is 0 Å². The number of ether oxygens (including phenoxy) is 1. The van der Waals surface area contributed by atoms with Crippen molar-refractivity contribution in [1.82, 2.24) is 5.32 Å². The number of thiocarbonyl (C=S) groups is 1. The summed E-state index contributed by atoms with van der Waals surface area (Å²) in [6.45, 7) is 2.02. The Labute approximate surface area is 133 Å². The summed E-state index contributed by atoms with van der Waals surface area (Å²) >= 11 is 5.54. The van der Waals surface area contributed by atoms with Crippen LogP contribution in [0.3, 0.4) is 0 Å². The predicted molar refractivity (Wildman–Crippen MR) is 87.4 cm³/mol. The molecule has 4 rings (SSSR count). The zero-order valence-corrected chi connectivity index (χ0v) is 12.9. The molecule has 112 valence electrons. The molecule has 2 aliphatic rings. The van der Waals surface area contributed by atoms with Gasteiger partial charge in [-0.05, 0) is 49.5 Å². The molecule has 0 aromatic heterocycles. The third-order valence-electron chi connectivity index (χ3n) is 4.27. The molecule has 0 radical (unpaired) electrons. The first kappa shape index (κ1) is 13.5. The molecular weight excluding hydrogens is 299 g/mol. The van der Waals surface area contributed by atoms with Crippen LogP contribution in [0.2, 0.25) is 0 Å². The Morgan fingerprint density at radius 2 is 1.95 bits per heavy atom. The minimum Gasteiger partial charge on any atom is -0.467 e. The number of benzene rings is 2. The second-order valence-electron chi connectivity index (χ2n) is 5.83.